The Labute approximate surface area is 471 Å². The van der Waals surface area contributed by atoms with Gasteiger partial charge < -0.3 is 28.5 Å². The summed E-state index contributed by atoms with van der Waals surface area (Å²) in [6.07, 6.45) is 69.6. The van der Waals surface area contributed by atoms with Gasteiger partial charge in [-0.3, -0.25) is 14.2 Å². The summed E-state index contributed by atoms with van der Waals surface area (Å²) in [7, 11) is 1.18. The van der Waals surface area contributed by atoms with Crippen molar-refractivity contribution in [3.05, 3.63) is 48.6 Å². The molecule has 0 bridgehead atoms. The SMILES string of the molecule is CC/C=C/C/C=C/C/C=C/CCCCCCC(=O)OC(/C=C\CCCCCCCCCCC)C(COP(=O)([O-])OCC[N+](C)(C)C)NC(=O)CCCCCCCCCCCCCCCCCCCCCCCCCCC. The zero-order valence-electron chi connectivity index (χ0n) is 51.0. The molecule has 0 saturated heterocycles. The number of phosphoric ester groups is 1. The van der Waals surface area contributed by atoms with Crippen molar-refractivity contribution in [3.63, 3.8) is 0 Å². The van der Waals surface area contributed by atoms with Crippen LogP contribution < -0.4 is 10.2 Å². The Morgan fingerprint density at radius 1 is 0.474 bits per heavy atom. The van der Waals surface area contributed by atoms with Gasteiger partial charge in [-0.2, -0.15) is 0 Å². The normalized spacial score (nSPS) is 13.9. The van der Waals surface area contributed by atoms with Crippen LogP contribution in [0.15, 0.2) is 48.6 Å². The molecule has 1 N–H and O–H groups in total. The predicted molar refractivity (Wildman–Crippen MR) is 326 cm³/mol. The average molecular weight is 1090 g/mol. The van der Waals surface area contributed by atoms with Gasteiger partial charge in [0.1, 0.15) is 19.3 Å². The number of likely N-dealkylation sites (N-methyl/N-ethyl adjacent to an activating group) is 1. The van der Waals surface area contributed by atoms with E-state index in [2.05, 4.69) is 62.5 Å². The number of nitrogens with one attached hydrogen (secondary N) is 1. The molecular weight excluding hydrogens is 964 g/mol. The minimum atomic E-state index is -4.70. The van der Waals surface area contributed by atoms with Crippen LogP contribution in [0.5, 0.6) is 0 Å². The summed E-state index contributed by atoms with van der Waals surface area (Å²) in [6, 6.07) is -0.895. The molecule has 0 rings (SSSR count). The second kappa shape index (κ2) is 56.3. The summed E-state index contributed by atoms with van der Waals surface area (Å²) in [5.74, 6) is -0.556. The molecular formula is C66H125N2O7P. The molecule has 0 radical (unpaired) electrons. The number of hydrogen-bond acceptors (Lipinski definition) is 7. The third-order valence-electron chi connectivity index (χ3n) is 14.5. The average Bonchev–Trinajstić information content (AvgIpc) is 3.38. The molecule has 3 atom stereocenters. The van der Waals surface area contributed by atoms with E-state index in [1.165, 1.54) is 186 Å². The van der Waals surface area contributed by atoms with Crippen LogP contribution in [0, 0.1) is 0 Å². The van der Waals surface area contributed by atoms with E-state index in [1.807, 2.05) is 33.3 Å². The number of unbranched alkanes of at least 4 members (excludes halogenated alkanes) is 37. The minimum absolute atomic E-state index is 0.0250. The van der Waals surface area contributed by atoms with Crippen LogP contribution in [0.4, 0.5) is 0 Å². The number of hydrogen-bond donors (Lipinski definition) is 1. The largest absolute Gasteiger partial charge is 0.756 e. The summed E-state index contributed by atoms with van der Waals surface area (Å²) in [5.41, 5.74) is 0. The van der Waals surface area contributed by atoms with Gasteiger partial charge in [-0.25, -0.2) is 0 Å². The fourth-order valence-corrected chi connectivity index (χ4v) is 10.3. The third-order valence-corrected chi connectivity index (χ3v) is 15.5. The Morgan fingerprint density at radius 3 is 1.26 bits per heavy atom. The maximum absolute atomic E-state index is 13.5. The topological polar surface area (TPSA) is 114 Å². The molecule has 0 heterocycles. The van der Waals surface area contributed by atoms with Crippen LogP contribution in [0.25, 0.3) is 0 Å². The number of quaternary nitrogens is 1. The molecule has 0 aromatic heterocycles. The van der Waals surface area contributed by atoms with Crippen molar-refractivity contribution in [3.8, 4) is 0 Å². The molecule has 9 nitrogen and oxygen atoms in total. The van der Waals surface area contributed by atoms with Gasteiger partial charge >= 0.3 is 5.97 Å². The molecule has 0 aliphatic heterocycles. The highest BCUT2D eigenvalue weighted by Gasteiger charge is 2.27. The first-order chi connectivity index (χ1) is 36.9. The lowest BCUT2D eigenvalue weighted by Gasteiger charge is -2.30. The molecule has 0 aromatic rings. The Morgan fingerprint density at radius 2 is 0.842 bits per heavy atom. The van der Waals surface area contributed by atoms with Crippen molar-refractivity contribution in [1.29, 1.82) is 0 Å². The van der Waals surface area contributed by atoms with Crippen LogP contribution in [-0.2, 0) is 27.9 Å². The van der Waals surface area contributed by atoms with Gasteiger partial charge in [0.25, 0.3) is 7.82 Å². The number of esters is 1. The lowest BCUT2D eigenvalue weighted by molar-refractivity contribution is -0.870. The maximum Gasteiger partial charge on any atom is 0.306 e. The van der Waals surface area contributed by atoms with E-state index in [9.17, 15) is 19.0 Å². The minimum Gasteiger partial charge on any atom is -0.756 e. The standard InChI is InChI=1S/C66H125N2O7P/c1-7-10-13-16-19-22-25-27-29-30-31-32-33-34-35-36-37-38-39-40-43-46-49-52-55-58-65(69)67-63(62-74-76(71,72)73-61-60-68(4,5)6)64(57-54-51-48-45-42-24-21-18-15-12-9-3)75-66(70)59-56-53-50-47-44-41-28-26-23-20-17-14-11-8-2/h11,14,20,23,28,41,54,57,63-64H,7-10,12-13,15-19,21-22,24-27,29-40,42-53,55-56,58-62H2,1-6H3,(H-,67,69,71,72)/b14-11+,23-20+,41-28+,57-54-. The Kier molecular flexibility index (Phi) is 54.7. The van der Waals surface area contributed by atoms with Gasteiger partial charge in [-0.15, -0.1) is 0 Å². The molecule has 10 heteroatoms. The highest BCUT2D eigenvalue weighted by molar-refractivity contribution is 7.45. The van der Waals surface area contributed by atoms with Gasteiger partial charge in [0, 0.05) is 12.8 Å². The quantitative estimate of drug-likeness (QED) is 0.0212. The van der Waals surface area contributed by atoms with E-state index in [0.29, 0.717) is 23.9 Å². The van der Waals surface area contributed by atoms with E-state index in [1.54, 1.807) is 0 Å². The van der Waals surface area contributed by atoms with E-state index in [0.717, 1.165) is 83.5 Å². The van der Waals surface area contributed by atoms with E-state index in [4.69, 9.17) is 13.8 Å². The van der Waals surface area contributed by atoms with Crippen LogP contribution >= 0.6 is 7.82 Å². The van der Waals surface area contributed by atoms with Gasteiger partial charge in [-0.05, 0) is 63.9 Å². The number of ether oxygens (including phenoxy) is 1. The monoisotopic (exact) mass is 1090 g/mol. The molecule has 0 fully saturated rings. The van der Waals surface area contributed by atoms with Crippen LogP contribution in [0.3, 0.4) is 0 Å². The van der Waals surface area contributed by atoms with E-state index < -0.39 is 26.6 Å². The molecule has 446 valence electrons. The van der Waals surface area contributed by atoms with Crippen molar-refractivity contribution in [1.82, 2.24) is 5.32 Å². The number of carbonyl (C=O) groups is 2. The van der Waals surface area contributed by atoms with Crippen LogP contribution in [0.1, 0.15) is 310 Å². The van der Waals surface area contributed by atoms with E-state index >= 15 is 0 Å². The first-order valence-electron chi connectivity index (χ1n) is 32.4. The molecule has 0 aliphatic rings. The van der Waals surface area contributed by atoms with Gasteiger partial charge in [0.05, 0.1) is 33.8 Å². The number of carbonyl (C=O) groups excluding carboxylic acids is 2. The maximum atomic E-state index is 13.5. The molecule has 0 aromatic carbocycles. The molecule has 0 spiro atoms. The van der Waals surface area contributed by atoms with Crippen molar-refractivity contribution in [2.45, 2.75) is 322 Å². The molecule has 0 aliphatic carbocycles. The van der Waals surface area contributed by atoms with Crippen molar-refractivity contribution >= 4 is 19.7 Å². The first-order valence-corrected chi connectivity index (χ1v) is 33.9. The van der Waals surface area contributed by atoms with Crippen LogP contribution in [-0.4, -0.2) is 69.4 Å². The van der Waals surface area contributed by atoms with Crippen molar-refractivity contribution in [2.75, 3.05) is 40.9 Å². The Bertz CT molecular complexity index is 1440. The third kappa shape index (κ3) is 56.7. The number of amides is 1. The molecule has 0 saturated carbocycles. The zero-order chi connectivity index (χ0) is 55.7. The Hall–Kier alpha value is -2.03. The number of rotatable bonds is 59. The fraction of sp³-hybridized carbons (Fsp3) is 0.848. The van der Waals surface area contributed by atoms with Crippen molar-refractivity contribution < 1.29 is 37.3 Å². The van der Waals surface area contributed by atoms with Gasteiger partial charge in [0.15, 0.2) is 0 Å². The molecule has 1 amide bonds. The fourth-order valence-electron chi connectivity index (χ4n) is 9.54. The molecule has 3 unspecified atom stereocenters. The number of phosphoric acid groups is 1. The highest BCUT2D eigenvalue weighted by atomic mass is 31.2. The second-order valence-electron chi connectivity index (χ2n) is 23.2. The summed E-state index contributed by atoms with van der Waals surface area (Å²) in [5, 5.41) is 3.03. The van der Waals surface area contributed by atoms with Gasteiger partial charge in [0.2, 0.25) is 5.91 Å². The highest BCUT2D eigenvalue weighted by Crippen LogP contribution is 2.38. The summed E-state index contributed by atoms with van der Waals surface area (Å²) >= 11 is 0. The van der Waals surface area contributed by atoms with Crippen LogP contribution in [0.2, 0.25) is 0 Å². The summed E-state index contributed by atoms with van der Waals surface area (Å²) < 4.78 is 30.3. The number of nitrogens with zero attached hydrogens (tertiary/aromatic N) is 1. The summed E-state index contributed by atoms with van der Waals surface area (Å²) in [4.78, 5) is 40.0. The second-order valence-corrected chi connectivity index (χ2v) is 24.7. The van der Waals surface area contributed by atoms with E-state index in [-0.39, 0.29) is 24.9 Å². The number of allylic oxidation sites excluding steroid dienone is 7. The first kappa shape index (κ1) is 74.0. The predicted octanol–water partition coefficient (Wildman–Crippen LogP) is 19.4. The molecule has 76 heavy (non-hydrogen) atoms. The Balaban J connectivity index is 5.03. The lowest BCUT2D eigenvalue weighted by atomic mass is 10.0. The van der Waals surface area contributed by atoms with Crippen molar-refractivity contribution in [2.24, 2.45) is 0 Å². The zero-order valence-corrected chi connectivity index (χ0v) is 51.9. The lowest BCUT2D eigenvalue weighted by Crippen LogP contribution is -2.47. The van der Waals surface area contributed by atoms with Gasteiger partial charge in [-0.1, -0.05) is 282 Å². The smallest absolute Gasteiger partial charge is 0.306 e. The summed E-state index contributed by atoms with van der Waals surface area (Å²) in [6.45, 7) is 6.74.